The first-order valence-electron chi connectivity index (χ1n) is 11.6. The maximum Gasteiger partial charge on any atom is 0.182 e. The molecule has 0 atom stereocenters. The molecule has 35 heavy (non-hydrogen) atoms. The van der Waals surface area contributed by atoms with Crippen molar-refractivity contribution in [2.45, 2.75) is 19.3 Å². The number of rotatable bonds is 13. The van der Waals surface area contributed by atoms with Crippen molar-refractivity contribution < 1.29 is 4.79 Å². The number of likely N-dealkylation sites (N-methyl/N-ethyl adjacent to an activating group) is 1. The van der Waals surface area contributed by atoms with E-state index < -0.39 is 0 Å². The van der Waals surface area contributed by atoms with Gasteiger partial charge in [0.05, 0.1) is 22.9 Å². The molecule has 3 aromatic rings. The zero-order valence-corrected chi connectivity index (χ0v) is 22.1. The summed E-state index contributed by atoms with van der Waals surface area (Å²) in [6, 6.07) is 20.3. The summed E-state index contributed by atoms with van der Waals surface area (Å²) >= 11 is 18.4. The minimum absolute atomic E-state index is 0.0165. The highest BCUT2D eigenvalue weighted by atomic mass is 35.5. The van der Waals surface area contributed by atoms with Crippen molar-refractivity contribution in [1.82, 2.24) is 5.32 Å². The number of unbranched alkanes of at least 4 members (excludes halogenated alkanes) is 2. The molecule has 0 spiro atoms. The Hall–Kier alpha value is -2.66. The quantitative estimate of drug-likeness (QED) is 0.175. The molecule has 0 bridgehead atoms. The minimum atomic E-state index is 0.0165. The lowest BCUT2D eigenvalue weighted by Gasteiger charge is -2.23. The summed E-state index contributed by atoms with van der Waals surface area (Å²) in [5.74, 6) is 0.0165. The number of halogens is 3. The fourth-order valence-electron chi connectivity index (χ4n) is 3.67. The van der Waals surface area contributed by atoms with Crippen molar-refractivity contribution in [3.63, 3.8) is 0 Å². The number of benzene rings is 3. The van der Waals surface area contributed by atoms with E-state index in [9.17, 15) is 4.79 Å². The number of anilines is 2. The fraction of sp³-hybridized carbons (Fsp3) is 0.250. The Bertz CT molecular complexity index is 1130. The van der Waals surface area contributed by atoms with E-state index in [4.69, 9.17) is 34.8 Å². The number of ketones is 1. The summed E-state index contributed by atoms with van der Waals surface area (Å²) in [6.45, 7) is 5.97. The Kier molecular flexibility index (Phi) is 10.3. The molecule has 0 unspecified atom stereocenters. The van der Waals surface area contributed by atoms with Crippen LogP contribution in [0.2, 0.25) is 15.1 Å². The number of carbonyl (C=O) groups excluding carboxylic acids is 1. The lowest BCUT2D eigenvalue weighted by molar-refractivity contribution is 0.100. The average Bonchev–Trinajstić information content (AvgIpc) is 2.84. The van der Waals surface area contributed by atoms with E-state index in [2.05, 4.69) is 17.2 Å². The predicted molar refractivity (Wildman–Crippen MR) is 151 cm³/mol. The van der Waals surface area contributed by atoms with Crippen molar-refractivity contribution in [2.24, 2.45) is 0 Å². The van der Waals surface area contributed by atoms with Gasteiger partial charge in [-0.25, -0.2) is 0 Å². The first-order chi connectivity index (χ1) is 16.8. The molecule has 0 aromatic heterocycles. The standard InChI is InChI=1S/C28H30Cl3N3O/c1-20(21-9-13-23(29)14-10-21)32-17-4-3-5-18-33-28-25(31)7-6-8-26(28)34(2)19-27(35)22-11-15-24(30)16-12-22/h6-16,32-33H,1,3-5,17-19H2,2H3. The molecule has 4 nitrogen and oxygen atoms in total. The van der Waals surface area contributed by atoms with Crippen molar-refractivity contribution in [3.05, 3.63) is 99.5 Å². The van der Waals surface area contributed by atoms with Crippen LogP contribution >= 0.6 is 34.8 Å². The molecule has 0 radical (unpaired) electrons. The first-order valence-corrected chi connectivity index (χ1v) is 12.7. The molecule has 3 rings (SSSR count). The Morgan fingerprint density at radius 2 is 1.43 bits per heavy atom. The van der Waals surface area contributed by atoms with Crippen molar-refractivity contribution in [2.75, 3.05) is 36.9 Å². The second kappa shape index (κ2) is 13.4. The summed E-state index contributed by atoms with van der Waals surface area (Å²) in [5.41, 5.74) is 4.30. The highest BCUT2D eigenvalue weighted by Gasteiger charge is 2.15. The van der Waals surface area contributed by atoms with Crippen LogP contribution in [0.15, 0.2) is 73.3 Å². The Morgan fingerprint density at radius 3 is 2.09 bits per heavy atom. The fourth-order valence-corrected chi connectivity index (χ4v) is 4.15. The zero-order valence-electron chi connectivity index (χ0n) is 19.8. The van der Waals surface area contributed by atoms with Gasteiger partial charge in [0.1, 0.15) is 0 Å². The topological polar surface area (TPSA) is 44.4 Å². The maximum absolute atomic E-state index is 12.7. The van der Waals surface area contributed by atoms with Gasteiger partial charge >= 0.3 is 0 Å². The molecule has 0 aliphatic carbocycles. The summed E-state index contributed by atoms with van der Waals surface area (Å²) < 4.78 is 0. The van der Waals surface area contributed by atoms with Crippen LogP contribution in [-0.2, 0) is 0 Å². The van der Waals surface area contributed by atoms with E-state index in [0.717, 1.165) is 60.0 Å². The average molecular weight is 531 g/mol. The molecule has 0 saturated carbocycles. The molecule has 0 aliphatic heterocycles. The number of para-hydroxylation sites is 1. The SMILES string of the molecule is C=C(NCCCCCNc1c(Cl)cccc1N(C)CC(=O)c1ccc(Cl)cc1)c1ccc(Cl)cc1. The second-order valence-corrected chi connectivity index (χ2v) is 9.60. The molecule has 0 amide bonds. The highest BCUT2D eigenvalue weighted by molar-refractivity contribution is 6.34. The molecule has 2 N–H and O–H groups in total. The number of nitrogens with zero attached hydrogens (tertiary/aromatic N) is 1. The third-order valence-corrected chi connectivity index (χ3v) is 6.46. The van der Waals surface area contributed by atoms with Crippen LogP contribution in [0.5, 0.6) is 0 Å². The molecule has 0 saturated heterocycles. The van der Waals surface area contributed by atoms with Gasteiger partial charge in [-0.1, -0.05) is 59.6 Å². The van der Waals surface area contributed by atoms with Crippen LogP contribution in [-0.4, -0.2) is 32.5 Å². The van der Waals surface area contributed by atoms with Crippen molar-refractivity contribution >= 4 is 57.7 Å². The van der Waals surface area contributed by atoms with E-state index in [0.29, 0.717) is 15.6 Å². The van der Waals surface area contributed by atoms with Crippen molar-refractivity contribution in [1.29, 1.82) is 0 Å². The van der Waals surface area contributed by atoms with Gasteiger partial charge in [-0.3, -0.25) is 4.79 Å². The monoisotopic (exact) mass is 529 g/mol. The number of nitrogens with one attached hydrogen (secondary N) is 2. The third-order valence-electron chi connectivity index (χ3n) is 5.64. The summed E-state index contributed by atoms with van der Waals surface area (Å²) in [6.07, 6.45) is 3.07. The van der Waals surface area contributed by atoms with E-state index in [1.54, 1.807) is 24.3 Å². The molecule has 184 valence electrons. The Balaban J connectivity index is 1.44. The van der Waals surface area contributed by atoms with Crippen LogP contribution in [0.1, 0.15) is 35.2 Å². The highest BCUT2D eigenvalue weighted by Crippen LogP contribution is 2.32. The molecule has 0 heterocycles. The number of hydrogen-bond donors (Lipinski definition) is 2. The van der Waals surface area contributed by atoms with E-state index in [1.807, 2.05) is 54.4 Å². The predicted octanol–water partition coefficient (Wildman–Crippen LogP) is 7.81. The van der Waals surface area contributed by atoms with Gasteiger partial charge in [0.15, 0.2) is 5.78 Å². The Morgan fingerprint density at radius 1 is 0.829 bits per heavy atom. The van der Waals surface area contributed by atoms with Gasteiger partial charge in [-0.15, -0.1) is 0 Å². The molecular formula is C28H30Cl3N3O. The Labute approximate surface area is 222 Å². The van der Waals surface area contributed by atoms with Gasteiger partial charge in [0.2, 0.25) is 0 Å². The second-order valence-electron chi connectivity index (χ2n) is 8.32. The van der Waals surface area contributed by atoms with Crippen LogP contribution in [0.3, 0.4) is 0 Å². The van der Waals surface area contributed by atoms with Crippen LogP contribution < -0.4 is 15.5 Å². The van der Waals surface area contributed by atoms with Gasteiger partial charge in [0.25, 0.3) is 0 Å². The number of Topliss-reactive ketones (excluding diaryl/α,β-unsaturated/α-hetero) is 1. The largest absolute Gasteiger partial charge is 0.385 e. The van der Waals surface area contributed by atoms with Gasteiger partial charge in [0, 0.05) is 41.4 Å². The summed E-state index contributed by atoms with van der Waals surface area (Å²) in [5, 5.41) is 8.79. The van der Waals surface area contributed by atoms with E-state index in [1.165, 1.54) is 0 Å². The van der Waals surface area contributed by atoms with Gasteiger partial charge in [-0.05, 0) is 73.4 Å². The smallest absolute Gasteiger partial charge is 0.182 e. The normalized spacial score (nSPS) is 10.6. The summed E-state index contributed by atoms with van der Waals surface area (Å²) in [4.78, 5) is 14.6. The van der Waals surface area contributed by atoms with E-state index >= 15 is 0 Å². The van der Waals surface area contributed by atoms with Crippen molar-refractivity contribution in [3.8, 4) is 0 Å². The van der Waals surface area contributed by atoms with Gasteiger partial charge in [-0.2, -0.15) is 0 Å². The maximum atomic E-state index is 12.7. The summed E-state index contributed by atoms with van der Waals surface area (Å²) in [7, 11) is 1.89. The van der Waals surface area contributed by atoms with E-state index in [-0.39, 0.29) is 12.3 Å². The van der Waals surface area contributed by atoms with Gasteiger partial charge < -0.3 is 15.5 Å². The number of carbonyl (C=O) groups is 1. The van der Waals surface area contributed by atoms with Crippen LogP contribution in [0.4, 0.5) is 11.4 Å². The van der Waals surface area contributed by atoms with Crippen LogP contribution in [0, 0.1) is 0 Å². The lowest BCUT2D eigenvalue weighted by Crippen LogP contribution is -2.26. The first kappa shape index (κ1) is 26.9. The van der Waals surface area contributed by atoms with Crippen LogP contribution in [0.25, 0.3) is 5.70 Å². The molecular weight excluding hydrogens is 501 g/mol. The third kappa shape index (κ3) is 8.21. The molecule has 0 fully saturated rings. The molecule has 0 aliphatic rings. The number of hydrogen-bond acceptors (Lipinski definition) is 4. The molecule has 7 heteroatoms. The zero-order chi connectivity index (χ0) is 25.2. The lowest BCUT2D eigenvalue weighted by atomic mass is 10.1. The molecule has 3 aromatic carbocycles. The minimum Gasteiger partial charge on any atom is -0.385 e.